The maximum absolute atomic E-state index is 11.5. The van der Waals surface area contributed by atoms with E-state index in [4.69, 9.17) is 18.9 Å². The average Bonchev–Trinajstić information content (AvgIpc) is 2.66. The van der Waals surface area contributed by atoms with E-state index in [-0.39, 0.29) is 6.61 Å². The Labute approximate surface area is 161 Å². The number of ether oxygens (including phenoxy) is 4. The molecule has 2 rings (SSSR count). The van der Waals surface area contributed by atoms with Crippen LogP contribution in [0.1, 0.15) is 13.8 Å². The van der Waals surface area contributed by atoms with Crippen LogP contribution in [-0.2, 0) is 23.7 Å². The Morgan fingerprint density at radius 2 is 1.54 bits per heavy atom. The molecular weight excluding hydrogens is 382 g/mol. The molecule has 1 amide bonds. The second-order valence-corrected chi connectivity index (χ2v) is 6.70. The molecule has 2 heterocycles. The van der Waals surface area contributed by atoms with Gasteiger partial charge >= 0.3 is 0 Å². The van der Waals surface area contributed by atoms with Gasteiger partial charge in [0.15, 0.2) is 12.6 Å². The highest BCUT2D eigenvalue weighted by Crippen LogP contribution is 2.29. The summed E-state index contributed by atoms with van der Waals surface area (Å²) in [5.41, 5.74) is 0. The van der Waals surface area contributed by atoms with E-state index in [1.807, 2.05) is 0 Å². The molecular formula is C16H29NO11. The van der Waals surface area contributed by atoms with E-state index in [9.17, 15) is 35.4 Å². The van der Waals surface area contributed by atoms with Crippen LogP contribution in [0.25, 0.3) is 0 Å². The Balaban J connectivity index is 2.20. The van der Waals surface area contributed by atoms with Crippen molar-refractivity contribution in [3.63, 3.8) is 0 Å². The number of hydrogen-bond donors (Lipinski definition) is 7. The van der Waals surface area contributed by atoms with Crippen molar-refractivity contribution in [1.29, 1.82) is 0 Å². The molecule has 0 aliphatic carbocycles. The summed E-state index contributed by atoms with van der Waals surface area (Å²) >= 11 is 0. The van der Waals surface area contributed by atoms with Crippen molar-refractivity contribution in [3.8, 4) is 0 Å². The molecule has 0 aromatic heterocycles. The quantitative estimate of drug-likeness (QED) is 0.215. The number of amides is 1. The Morgan fingerprint density at radius 3 is 2.07 bits per heavy atom. The second-order valence-electron chi connectivity index (χ2n) is 6.70. The van der Waals surface area contributed by atoms with Crippen LogP contribution < -0.4 is 5.32 Å². The molecule has 2 saturated heterocycles. The van der Waals surface area contributed by atoms with E-state index >= 15 is 0 Å². The molecule has 10 atom stereocenters. The van der Waals surface area contributed by atoms with E-state index in [1.54, 1.807) is 6.92 Å². The minimum Gasteiger partial charge on any atom is -0.394 e. The fourth-order valence-corrected chi connectivity index (χ4v) is 3.26. The first kappa shape index (κ1) is 23.3. The zero-order valence-corrected chi connectivity index (χ0v) is 15.6. The van der Waals surface area contributed by atoms with Crippen molar-refractivity contribution in [2.24, 2.45) is 0 Å². The van der Waals surface area contributed by atoms with Gasteiger partial charge in [0.05, 0.1) is 13.2 Å². The first-order chi connectivity index (χ1) is 13.2. The van der Waals surface area contributed by atoms with Crippen molar-refractivity contribution in [2.75, 3.05) is 19.8 Å². The molecule has 2 aliphatic heterocycles. The monoisotopic (exact) mass is 411 g/mol. The third-order valence-electron chi connectivity index (χ3n) is 4.69. The average molecular weight is 411 g/mol. The van der Waals surface area contributed by atoms with Crippen LogP contribution in [0.2, 0.25) is 0 Å². The lowest BCUT2D eigenvalue weighted by molar-refractivity contribution is -0.348. The molecule has 0 saturated carbocycles. The van der Waals surface area contributed by atoms with Gasteiger partial charge in [-0.1, -0.05) is 0 Å². The zero-order chi connectivity index (χ0) is 21.0. The summed E-state index contributed by atoms with van der Waals surface area (Å²) in [4.78, 5) is 11.5. The number of aliphatic hydroxyl groups excluding tert-OH is 6. The molecule has 164 valence electrons. The molecule has 0 aromatic carbocycles. The predicted octanol–water partition coefficient (Wildman–Crippen LogP) is -4.21. The van der Waals surface area contributed by atoms with Crippen LogP contribution in [0.15, 0.2) is 0 Å². The molecule has 2 aliphatic rings. The van der Waals surface area contributed by atoms with Gasteiger partial charge in [-0.3, -0.25) is 4.79 Å². The summed E-state index contributed by atoms with van der Waals surface area (Å²) in [6.07, 6.45) is -12.6. The van der Waals surface area contributed by atoms with Crippen LogP contribution >= 0.6 is 0 Å². The van der Waals surface area contributed by atoms with Gasteiger partial charge in [0.1, 0.15) is 48.8 Å². The molecule has 7 N–H and O–H groups in total. The van der Waals surface area contributed by atoms with Crippen LogP contribution in [0.4, 0.5) is 0 Å². The maximum atomic E-state index is 11.5. The summed E-state index contributed by atoms with van der Waals surface area (Å²) < 4.78 is 21.8. The maximum Gasteiger partial charge on any atom is 0.217 e. The van der Waals surface area contributed by atoms with Gasteiger partial charge in [-0.05, 0) is 6.92 Å². The lowest BCUT2D eigenvalue weighted by Crippen LogP contribution is -2.67. The van der Waals surface area contributed by atoms with Gasteiger partial charge in [0.2, 0.25) is 5.91 Å². The standard InChI is InChI=1S/C16H29NO11/c1-3-25-15-9(17-6(2)20)11(22)14(8(5-19)27-15)28-16-13(24)12(23)10(21)7(4-18)26-16/h7-16,18-19,21-24H,3-5H2,1-2H3,(H,17,20)/t7?,8?,9-,10?,11?,12?,13-,14?,15+,16-/m0/s1. The van der Waals surface area contributed by atoms with Crippen LogP contribution in [0.3, 0.4) is 0 Å². The molecule has 12 heteroatoms. The van der Waals surface area contributed by atoms with E-state index in [1.165, 1.54) is 6.92 Å². The highest BCUT2D eigenvalue weighted by atomic mass is 16.7. The molecule has 0 bridgehead atoms. The topological polar surface area (TPSA) is 187 Å². The number of hydrogen-bond acceptors (Lipinski definition) is 11. The Kier molecular flexibility index (Phi) is 8.51. The number of rotatable bonds is 7. The molecule has 0 radical (unpaired) electrons. The summed E-state index contributed by atoms with van der Waals surface area (Å²) in [5.74, 6) is -0.466. The Morgan fingerprint density at radius 1 is 0.929 bits per heavy atom. The van der Waals surface area contributed by atoms with Crippen molar-refractivity contribution in [2.45, 2.75) is 75.2 Å². The van der Waals surface area contributed by atoms with Gasteiger partial charge in [-0.2, -0.15) is 0 Å². The first-order valence-corrected chi connectivity index (χ1v) is 9.04. The number of carbonyl (C=O) groups excluding carboxylic acids is 1. The molecule has 2 fully saturated rings. The molecule has 28 heavy (non-hydrogen) atoms. The summed E-state index contributed by atoms with van der Waals surface area (Å²) in [7, 11) is 0. The lowest BCUT2D eigenvalue weighted by Gasteiger charge is -2.47. The van der Waals surface area contributed by atoms with E-state index in [2.05, 4.69) is 5.32 Å². The fourth-order valence-electron chi connectivity index (χ4n) is 3.26. The van der Waals surface area contributed by atoms with Crippen molar-refractivity contribution in [3.05, 3.63) is 0 Å². The highest BCUT2D eigenvalue weighted by Gasteiger charge is 2.51. The molecule has 12 nitrogen and oxygen atoms in total. The minimum atomic E-state index is -1.70. The minimum absolute atomic E-state index is 0.212. The first-order valence-electron chi connectivity index (χ1n) is 9.04. The van der Waals surface area contributed by atoms with Crippen LogP contribution in [0.5, 0.6) is 0 Å². The third kappa shape index (κ3) is 4.97. The summed E-state index contributed by atoms with van der Waals surface area (Å²) in [6, 6.07) is -1.05. The molecule has 0 aromatic rings. The van der Waals surface area contributed by atoms with Gasteiger partial charge in [0, 0.05) is 13.5 Å². The smallest absolute Gasteiger partial charge is 0.217 e. The predicted molar refractivity (Wildman–Crippen MR) is 89.6 cm³/mol. The highest BCUT2D eigenvalue weighted by molar-refractivity contribution is 5.73. The van der Waals surface area contributed by atoms with Gasteiger partial charge < -0.3 is 54.9 Å². The largest absolute Gasteiger partial charge is 0.394 e. The van der Waals surface area contributed by atoms with E-state index in [0.29, 0.717) is 0 Å². The zero-order valence-electron chi connectivity index (χ0n) is 15.6. The van der Waals surface area contributed by atoms with Crippen molar-refractivity contribution in [1.82, 2.24) is 5.32 Å². The van der Waals surface area contributed by atoms with Crippen molar-refractivity contribution < 1.29 is 54.4 Å². The number of nitrogens with one attached hydrogen (secondary N) is 1. The van der Waals surface area contributed by atoms with E-state index < -0.39 is 80.5 Å². The Hall–Kier alpha value is -0.930. The molecule has 0 spiro atoms. The normalized spacial score (nSPS) is 44.3. The lowest BCUT2D eigenvalue weighted by atomic mass is 9.95. The summed E-state index contributed by atoms with van der Waals surface area (Å²) in [6.45, 7) is 1.89. The van der Waals surface area contributed by atoms with Crippen molar-refractivity contribution >= 4 is 5.91 Å². The number of aliphatic hydroxyl groups is 6. The van der Waals surface area contributed by atoms with Crippen LogP contribution in [0, 0.1) is 0 Å². The third-order valence-corrected chi connectivity index (χ3v) is 4.69. The van der Waals surface area contributed by atoms with Gasteiger partial charge in [-0.15, -0.1) is 0 Å². The van der Waals surface area contributed by atoms with Crippen LogP contribution in [-0.4, -0.2) is 118 Å². The summed E-state index contributed by atoms with van der Waals surface area (Å²) in [5, 5.41) is 61.9. The van der Waals surface area contributed by atoms with Gasteiger partial charge in [0.25, 0.3) is 0 Å². The van der Waals surface area contributed by atoms with Gasteiger partial charge in [-0.25, -0.2) is 0 Å². The molecule has 6 unspecified atom stereocenters. The van der Waals surface area contributed by atoms with E-state index in [0.717, 1.165) is 0 Å². The SMILES string of the molecule is CCO[C@@H]1OC(CO)C(O[C@@H]2OC(CO)C(O)C(O)[C@@H]2O)C(O)[C@@H]1NC(C)=O. The second kappa shape index (κ2) is 10.2. The number of carbonyl (C=O) groups is 1. The fraction of sp³-hybridized carbons (Fsp3) is 0.938. The Bertz CT molecular complexity index is 507.